The van der Waals surface area contributed by atoms with Crippen molar-refractivity contribution in [1.29, 1.82) is 0 Å². The number of aromatic nitrogens is 1. The van der Waals surface area contributed by atoms with Gasteiger partial charge in [0, 0.05) is 34.1 Å². The summed E-state index contributed by atoms with van der Waals surface area (Å²) in [6.45, 7) is 0. The highest BCUT2D eigenvalue weighted by atomic mass is 35.5. The molecule has 0 aliphatic heterocycles. The van der Waals surface area contributed by atoms with Crippen molar-refractivity contribution in [3.05, 3.63) is 94.2 Å². The first kappa shape index (κ1) is 21.0. The monoisotopic (exact) mass is 450 g/mol. The second kappa shape index (κ2) is 9.29. The average Bonchev–Trinajstić information content (AvgIpc) is 2.77. The van der Waals surface area contributed by atoms with E-state index < -0.39 is 0 Å². The fourth-order valence-corrected chi connectivity index (χ4v) is 4.13. The summed E-state index contributed by atoms with van der Waals surface area (Å²) in [7, 11) is 1.71. The molecule has 4 aromatic rings. The highest BCUT2D eigenvalue weighted by molar-refractivity contribution is 8.00. The fraction of sp³-hybridized carbons (Fsp3) is 0.0833. The number of halogens is 1. The molecule has 1 N–H and O–H groups in total. The van der Waals surface area contributed by atoms with Crippen LogP contribution in [0.2, 0.25) is 5.02 Å². The van der Waals surface area contributed by atoms with Gasteiger partial charge in [0.1, 0.15) is 11.5 Å². The van der Waals surface area contributed by atoms with Gasteiger partial charge < -0.3 is 14.6 Å². The predicted octanol–water partition coefficient (Wildman–Crippen LogP) is 5.72. The molecule has 0 atom stereocenters. The zero-order valence-electron chi connectivity index (χ0n) is 16.7. The van der Waals surface area contributed by atoms with Crippen molar-refractivity contribution in [2.24, 2.45) is 7.05 Å². The number of nitrogens with zero attached hydrogens (tertiary/aromatic N) is 1. The molecule has 0 bridgehead atoms. The standard InChI is InChI=1S/C24H19ClN2O3S/c1-27-21-12-7-16(25)13-20(21)22(14-24(27)29)31-15-23(28)26-17-8-10-19(11-9-17)30-18-5-3-2-4-6-18/h2-14H,15H2,1H3,(H,26,28). The first-order valence-corrected chi connectivity index (χ1v) is 10.9. The molecule has 4 rings (SSSR count). The number of hydrogen-bond acceptors (Lipinski definition) is 4. The van der Waals surface area contributed by atoms with Crippen LogP contribution in [-0.2, 0) is 11.8 Å². The summed E-state index contributed by atoms with van der Waals surface area (Å²) in [5, 5.41) is 4.29. The molecule has 1 heterocycles. The predicted molar refractivity (Wildman–Crippen MR) is 127 cm³/mol. The average molecular weight is 451 g/mol. The van der Waals surface area contributed by atoms with Crippen LogP contribution in [0.25, 0.3) is 10.9 Å². The first-order valence-electron chi connectivity index (χ1n) is 9.54. The Morgan fingerprint density at radius 2 is 1.71 bits per heavy atom. The van der Waals surface area contributed by atoms with E-state index >= 15 is 0 Å². The van der Waals surface area contributed by atoms with Crippen molar-refractivity contribution in [2.45, 2.75) is 4.90 Å². The lowest BCUT2D eigenvalue weighted by Gasteiger charge is -2.11. The minimum atomic E-state index is -0.169. The summed E-state index contributed by atoms with van der Waals surface area (Å²) >= 11 is 7.44. The summed E-state index contributed by atoms with van der Waals surface area (Å²) in [5.41, 5.74) is 1.31. The Balaban J connectivity index is 1.41. The van der Waals surface area contributed by atoms with Crippen LogP contribution in [-0.4, -0.2) is 16.2 Å². The molecule has 156 valence electrons. The minimum Gasteiger partial charge on any atom is -0.457 e. The SMILES string of the molecule is Cn1c(=O)cc(SCC(=O)Nc2ccc(Oc3ccccc3)cc2)c2cc(Cl)ccc21. The van der Waals surface area contributed by atoms with Crippen molar-refractivity contribution < 1.29 is 9.53 Å². The first-order chi connectivity index (χ1) is 15.0. The number of anilines is 1. The maximum Gasteiger partial charge on any atom is 0.251 e. The minimum absolute atomic E-state index is 0.133. The molecule has 0 saturated heterocycles. The number of amides is 1. The highest BCUT2D eigenvalue weighted by Gasteiger charge is 2.11. The summed E-state index contributed by atoms with van der Waals surface area (Å²) in [4.78, 5) is 25.4. The number of ether oxygens (including phenoxy) is 1. The van der Waals surface area contributed by atoms with Gasteiger partial charge in [0.2, 0.25) is 5.91 Å². The number of carbonyl (C=O) groups excluding carboxylic acids is 1. The Hall–Kier alpha value is -3.22. The zero-order chi connectivity index (χ0) is 21.8. The third-order valence-corrected chi connectivity index (χ3v) is 5.94. The zero-order valence-corrected chi connectivity index (χ0v) is 18.2. The van der Waals surface area contributed by atoms with Gasteiger partial charge >= 0.3 is 0 Å². The summed E-state index contributed by atoms with van der Waals surface area (Å²) in [6, 6.07) is 23.5. The normalized spacial score (nSPS) is 10.8. The summed E-state index contributed by atoms with van der Waals surface area (Å²) in [5.74, 6) is 1.42. The number of para-hydroxylation sites is 1. The molecule has 0 fully saturated rings. The van der Waals surface area contributed by atoms with Crippen molar-refractivity contribution >= 4 is 45.9 Å². The van der Waals surface area contributed by atoms with Crippen LogP contribution >= 0.6 is 23.4 Å². The fourth-order valence-electron chi connectivity index (χ4n) is 3.09. The number of carbonyl (C=O) groups is 1. The highest BCUT2D eigenvalue weighted by Crippen LogP contribution is 2.29. The number of nitrogens with one attached hydrogen (secondary N) is 1. The Kier molecular flexibility index (Phi) is 6.30. The second-order valence-corrected chi connectivity index (χ2v) is 8.30. The van der Waals surface area contributed by atoms with Crippen LogP contribution in [0.5, 0.6) is 11.5 Å². The smallest absolute Gasteiger partial charge is 0.251 e. The van der Waals surface area contributed by atoms with E-state index in [2.05, 4.69) is 5.32 Å². The van der Waals surface area contributed by atoms with E-state index in [1.54, 1.807) is 41.9 Å². The molecule has 0 spiro atoms. The molecule has 1 amide bonds. The van der Waals surface area contributed by atoms with Gasteiger partial charge in [-0.05, 0) is 54.6 Å². The van der Waals surface area contributed by atoms with E-state index in [1.807, 2.05) is 42.5 Å². The van der Waals surface area contributed by atoms with Crippen molar-refractivity contribution in [1.82, 2.24) is 4.57 Å². The molecule has 5 nitrogen and oxygen atoms in total. The Morgan fingerprint density at radius 3 is 2.45 bits per heavy atom. The van der Waals surface area contributed by atoms with E-state index in [1.165, 1.54) is 17.8 Å². The van der Waals surface area contributed by atoms with Gasteiger partial charge in [-0.15, -0.1) is 11.8 Å². The molecular formula is C24H19ClN2O3S. The molecule has 3 aromatic carbocycles. The quantitative estimate of drug-likeness (QED) is 0.382. The molecule has 0 aliphatic carbocycles. The van der Waals surface area contributed by atoms with Crippen LogP contribution in [0.15, 0.2) is 88.6 Å². The van der Waals surface area contributed by atoms with E-state index in [0.717, 1.165) is 21.5 Å². The third-order valence-electron chi connectivity index (χ3n) is 4.65. The number of fused-ring (bicyclic) bond motifs is 1. The van der Waals surface area contributed by atoms with E-state index in [4.69, 9.17) is 16.3 Å². The third kappa shape index (κ3) is 5.10. The van der Waals surface area contributed by atoms with Crippen LogP contribution < -0.4 is 15.6 Å². The molecule has 0 radical (unpaired) electrons. The van der Waals surface area contributed by atoms with Crippen LogP contribution in [0.1, 0.15) is 0 Å². The van der Waals surface area contributed by atoms with Crippen LogP contribution in [0.4, 0.5) is 5.69 Å². The Morgan fingerprint density at radius 1 is 1.00 bits per heavy atom. The molecule has 0 saturated carbocycles. The van der Waals surface area contributed by atoms with E-state index in [-0.39, 0.29) is 17.2 Å². The van der Waals surface area contributed by atoms with Gasteiger partial charge in [0.25, 0.3) is 5.56 Å². The lowest BCUT2D eigenvalue weighted by molar-refractivity contribution is -0.113. The maximum atomic E-state index is 12.4. The lowest BCUT2D eigenvalue weighted by atomic mass is 10.2. The number of benzene rings is 3. The maximum absolute atomic E-state index is 12.4. The lowest BCUT2D eigenvalue weighted by Crippen LogP contribution is -2.17. The van der Waals surface area contributed by atoms with Crippen LogP contribution in [0, 0.1) is 0 Å². The Labute approximate surface area is 188 Å². The molecule has 0 aliphatic rings. The molecule has 31 heavy (non-hydrogen) atoms. The number of pyridine rings is 1. The van der Waals surface area contributed by atoms with E-state index in [9.17, 15) is 9.59 Å². The van der Waals surface area contributed by atoms with Crippen molar-refractivity contribution in [2.75, 3.05) is 11.1 Å². The molecule has 0 unspecified atom stereocenters. The Bertz CT molecular complexity index is 1290. The van der Waals surface area contributed by atoms with Crippen LogP contribution in [0.3, 0.4) is 0 Å². The molecular weight excluding hydrogens is 432 g/mol. The second-order valence-electron chi connectivity index (χ2n) is 6.84. The molecule has 1 aromatic heterocycles. The van der Waals surface area contributed by atoms with Gasteiger partial charge in [-0.25, -0.2) is 0 Å². The topological polar surface area (TPSA) is 60.3 Å². The number of hydrogen-bond donors (Lipinski definition) is 1. The largest absolute Gasteiger partial charge is 0.457 e. The summed E-state index contributed by atoms with van der Waals surface area (Å²) in [6.07, 6.45) is 0. The van der Waals surface area contributed by atoms with Gasteiger partial charge in [0.05, 0.1) is 11.3 Å². The number of thioether (sulfide) groups is 1. The summed E-state index contributed by atoms with van der Waals surface area (Å²) < 4.78 is 7.32. The van der Waals surface area contributed by atoms with Gasteiger partial charge in [0.15, 0.2) is 0 Å². The van der Waals surface area contributed by atoms with Crippen molar-refractivity contribution in [3.8, 4) is 11.5 Å². The molecule has 7 heteroatoms. The number of aryl methyl sites for hydroxylation is 1. The van der Waals surface area contributed by atoms with Gasteiger partial charge in [-0.1, -0.05) is 29.8 Å². The van der Waals surface area contributed by atoms with Crippen molar-refractivity contribution in [3.63, 3.8) is 0 Å². The number of rotatable bonds is 6. The van der Waals surface area contributed by atoms with Gasteiger partial charge in [-0.2, -0.15) is 0 Å². The van der Waals surface area contributed by atoms with E-state index in [0.29, 0.717) is 16.5 Å². The van der Waals surface area contributed by atoms with Gasteiger partial charge in [-0.3, -0.25) is 9.59 Å².